The van der Waals surface area contributed by atoms with Crippen molar-refractivity contribution in [3.8, 4) is 11.5 Å². The second-order valence-corrected chi connectivity index (χ2v) is 6.72. The van der Waals surface area contributed by atoms with Crippen molar-refractivity contribution >= 4 is 23.2 Å². The van der Waals surface area contributed by atoms with E-state index in [2.05, 4.69) is 46.6 Å². The standard InChI is InChI=1S/C22H24N4O3/c1-14(2)15-5-7-17(8-6-15)26-22-23-12-16(13-24-22)21(27)25-18-9-10-19(28-3)20(11-18)29-4/h5-14H,1-4H3,(H,25,27)(H,23,24,26). The van der Waals surface area contributed by atoms with Crippen molar-refractivity contribution in [3.05, 3.63) is 66.0 Å². The summed E-state index contributed by atoms with van der Waals surface area (Å²) in [6, 6.07) is 13.2. The van der Waals surface area contributed by atoms with Crippen LogP contribution in [0.25, 0.3) is 0 Å². The molecular formula is C22H24N4O3. The quantitative estimate of drug-likeness (QED) is 0.611. The molecule has 0 aliphatic carbocycles. The van der Waals surface area contributed by atoms with E-state index in [0.29, 0.717) is 34.6 Å². The molecular weight excluding hydrogens is 368 g/mol. The number of anilines is 3. The van der Waals surface area contributed by atoms with E-state index in [0.717, 1.165) is 5.69 Å². The number of hydrogen-bond acceptors (Lipinski definition) is 6. The Labute approximate surface area is 170 Å². The van der Waals surface area contributed by atoms with Crippen LogP contribution in [-0.4, -0.2) is 30.1 Å². The molecule has 0 fully saturated rings. The minimum Gasteiger partial charge on any atom is -0.493 e. The number of aromatic nitrogens is 2. The van der Waals surface area contributed by atoms with Gasteiger partial charge in [-0.05, 0) is 35.7 Å². The van der Waals surface area contributed by atoms with Gasteiger partial charge in [0, 0.05) is 29.8 Å². The Balaban J connectivity index is 1.65. The summed E-state index contributed by atoms with van der Waals surface area (Å²) in [4.78, 5) is 20.9. The molecule has 0 bridgehead atoms. The van der Waals surface area contributed by atoms with Crippen LogP contribution in [0, 0.1) is 0 Å². The lowest BCUT2D eigenvalue weighted by atomic mass is 10.0. The Morgan fingerprint density at radius 1 is 0.897 bits per heavy atom. The summed E-state index contributed by atoms with van der Waals surface area (Å²) in [6.07, 6.45) is 2.96. The molecule has 0 unspecified atom stereocenters. The molecule has 0 aliphatic rings. The van der Waals surface area contributed by atoms with Crippen LogP contribution in [0.4, 0.5) is 17.3 Å². The van der Waals surface area contributed by atoms with Crippen molar-refractivity contribution < 1.29 is 14.3 Å². The van der Waals surface area contributed by atoms with E-state index < -0.39 is 0 Å². The fraction of sp³-hybridized carbons (Fsp3) is 0.227. The molecule has 0 spiro atoms. The fourth-order valence-corrected chi connectivity index (χ4v) is 2.71. The van der Waals surface area contributed by atoms with Crippen LogP contribution in [-0.2, 0) is 0 Å². The van der Waals surface area contributed by atoms with Gasteiger partial charge < -0.3 is 20.1 Å². The molecule has 2 N–H and O–H groups in total. The molecule has 3 aromatic rings. The number of methoxy groups -OCH3 is 2. The summed E-state index contributed by atoms with van der Waals surface area (Å²) >= 11 is 0. The molecule has 2 aromatic carbocycles. The first kappa shape index (κ1) is 20.1. The van der Waals surface area contributed by atoms with E-state index in [9.17, 15) is 4.79 Å². The number of nitrogens with one attached hydrogen (secondary N) is 2. The third kappa shape index (κ3) is 5.01. The van der Waals surface area contributed by atoms with Gasteiger partial charge in [-0.2, -0.15) is 0 Å². The lowest BCUT2D eigenvalue weighted by Gasteiger charge is -2.11. The molecule has 0 radical (unpaired) electrons. The highest BCUT2D eigenvalue weighted by Gasteiger charge is 2.11. The molecule has 1 aromatic heterocycles. The number of nitrogens with zero attached hydrogens (tertiary/aromatic N) is 2. The predicted molar refractivity (Wildman–Crippen MR) is 113 cm³/mol. The van der Waals surface area contributed by atoms with Crippen LogP contribution in [0.5, 0.6) is 11.5 Å². The molecule has 0 saturated heterocycles. The van der Waals surface area contributed by atoms with Crippen LogP contribution < -0.4 is 20.1 Å². The van der Waals surface area contributed by atoms with E-state index in [1.165, 1.54) is 18.0 Å². The minimum atomic E-state index is -0.315. The molecule has 7 nitrogen and oxygen atoms in total. The molecule has 150 valence electrons. The normalized spacial score (nSPS) is 10.5. The van der Waals surface area contributed by atoms with Gasteiger partial charge in [-0.25, -0.2) is 9.97 Å². The van der Waals surface area contributed by atoms with E-state index in [1.54, 1.807) is 32.4 Å². The molecule has 0 atom stereocenters. The van der Waals surface area contributed by atoms with Crippen molar-refractivity contribution in [2.75, 3.05) is 24.9 Å². The summed E-state index contributed by atoms with van der Waals surface area (Å²) in [5.74, 6) is 1.70. The third-order valence-electron chi connectivity index (χ3n) is 4.39. The smallest absolute Gasteiger partial charge is 0.258 e. The Kier molecular flexibility index (Phi) is 6.29. The summed E-state index contributed by atoms with van der Waals surface area (Å²) in [7, 11) is 3.10. The van der Waals surface area contributed by atoms with Crippen LogP contribution in [0.1, 0.15) is 35.7 Å². The number of ether oxygens (including phenoxy) is 2. The van der Waals surface area contributed by atoms with Crippen molar-refractivity contribution in [2.45, 2.75) is 19.8 Å². The van der Waals surface area contributed by atoms with Gasteiger partial charge in [-0.15, -0.1) is 0 Å². The average molecular weight is 392 g/mol. The molecule has 0 saturated carbocycles. The van der Waals surface area contributed by atoms with E-state index >= 15 is 0 Å². The van der Waals surface area contributed by atoms with Gasteiger partial charge in [-0.1, -0.05) is 26.0 Å². The Morgan fingerprint density at radius 2 is 1.52 bits per heavy atom. The number of rotatable bonds is 7. The largest absolute Gasteiger partial charge is 0.493 e. The lowest BCUT2D eigenvalue weighted by Crippen LogP contribution is -2.13. The summed E-state index contributed by atoms with van der Waals surface area (Å²) in [5, 5.41) is 5.92. The summed E-state index contributed by atoms with van der Waals surface area (Å²) < 4.78 is 10.4. The van der Waals surface area contributed by atoms with Gasteiger partial charge in [0.05, 0.1) is 19.8 Å². The van der Waals surface area contributed by atoms with E-state index in [1.807, 2.05) is 12.1 Å². The first-order valence-corrected chi connectivity index (χ1v) is 9.22. The second kappa shape index (κ2) is 9.05. The Bertz CT molecular complexity index is 970. The van der Waals surface area contributed by atoms with E-state index in [4.69, 9.17) is 9.47 Å². The highest BCUT2D eigenvalue weighted by atomic mass is 16.5. The van der Waals surface area contributed by atoms with Crippen LogP contribution in [0.2, 0.25) is 0 Å². The van der Waals surface area contributed by atoms with E-state index in [-0.39, 0.29) is 5.91 Å². The summed E-state index contributed by atoms with van der Waals surface area (Å²) in [6.45, 7) is 4.30. The molecule has 7 heteroatoms. The number of benzene rings is 2. The van der Waals surface area contributed by atoms with Crippen molar-refractivity contribution in [1.82, 2.24) is 9.97 Å². The molecule has 1 heterocycles. The van der Waals surface area contributed by atoms with Crippen molar-refractivity contribution in [1.29, 1.82) is 0 Å². The third-order valence-corrected chi connectivity index (χ3v) is 4.39. The number of amides is 1. The Hall–Kier alpha value is -3.61. The maximum Gasteiger partial charge on any atom is 0.258 e. The lowest BCUT2D eigenvalue weighted by molar-refractivity contribution is 0.102. The van der Waals surface area contributed by atoms with Gasteiger partial charge in [0.25, 0.3) is 5.91 Å². The monoisotopic (exact) mass is 392 g/mol. The van der Waals surface area contributed by atoms with Crippen LogP contribution in [0.15, 0.2) is 54.9 Å². The van der Waals surface area contributed by atoms with Crippen LogP contribution >= 0.6 is 0 Å². The molecule has 29 heavy (non-hydrogen) atoms. The van der Waals surface area contributed by atoms with Crippen LogP contribution in [0.3, 0.4) is 0 Å². The zero-order valence-corrected chi connectivity index (χ0v) is 16.9. The predicted octanol–water partition coefficient (Wildman–Crippen LogP) is 4.61. The first-order chi connectivity index (χ1) is 14.0. The maximum atomic E-state index is 12.5. The van der Waals surface area contributed by atoms with Gasteiger partial charge in [0.2, 0.25) is 5.95 Å². The highest BCUT2D eigenvalue weighted by Crippen LogP contribution is 2.29. The van der Waals surface area contributed by atoms with Gasteiger partial charge >= 0.3 is 0 Å². The topological polar surface area (TPSA) is 85.4 Å². The maximum absolute atomic E-state index is 12.5. The minimum absolute atomic E-state index is 0.315. The molecule has 0 aliphatic heterocycles. The van der Waals surface area contributed by atoms with Crippen molar-refractivity contribution in [2.24, 2.45) is 0 Å². The number of carbonyl (C=O) groups is 1. The highest BCUT2D eigenvalue weighted by molar-refractivity contribution is 6.04. The Morgan fingerprint density at radius 3 is 2.10 bits per heavy atom. The van der Waals surface area contributed by atoms with Gasteiger partial charge in [0.15, 0.2) is 11.5 Å². The first-order valence-electron chi connectivity index (χ1n) is 9.22. The molecule has 3 rings (SSSR count). The zero-order chi connectivity index (χ0) is 20.8. The zero-order valence-electron chi connectivity index (χ0n) is 16.9. The van der Waals surface area contributed by atoms with Gasteiger partial charge in [-0.3, -0.25) is 4.79 Å². The van der Waals surface area contributed by atoms with Gasteiger partial charge in [0.1, 0.15) is 0 Å². The summed E-state index contributed by atoms with van der Waals surface area (Å²) in [5.41, 5.74) is 3.08. The van der Waals surface area contributed by atoms with Crippen molar-refractivity contribution in [3.63, 3.8) is 0 Å². The number of carbonyl (C=O) groups excluding carboxylic acids is 1. The molecule has 1 amide bonds. The SMILES string of the molecule is COc1ccc(NC(=O)c2cnc(Nc3ccc(C(C)C)cc3)nc2)cc1OC. The number of hydrogen-bond donors (Lipinski definition) is 2. The average Bonchev–Trinajstić information content (AvgIpc) is 2.74. The fourth-order valence-electron chi connectivity index (χ4n) is 2.71. The second-order valence-electron chi connectivity index (χ2n) is 6.72.